The van der Waals surface area contributed by atoms with E-state index in [0.29, 0.717) is 36.8 Å². The van der Waals surface area contributed by atoms with Crippen LogP contribution in [0.25, 0.3) is 0 Å². The van der Waals surface area contributed by atoms with Gasteiger partial charge in [-0.3, -0.25) is 0 Å². The Balaban J connectivity index is 2.29. The van der Waals surface area contributed by atoms with E-state index in [9.17, 15) is 8.78 Å². The minimum atomic E-state index is -0.368. The van der Waals surface area contributed by atoms with Crippen molar-refractivity contribution in [1.82, 2.24) is 5.32 Å². The Kier molecular flexibility index (Phi) is 6.22. The third-order valence-electron chi connectivity index (χ3n) is 2.64. The topological polar surface area (TPSA) is 21.3 Å². The van der Waals surface area contributed by atoms with Gasteiger partial charge in [-0.25, -0.2) is 8.78 Å². The summed E-state index contributed by atoms with van der Waals surface area (Å²) in [5.41, 5.74) is 0.702. The standard InChI is InChI=1S/C14H21F2NO/c1-10(2)17-5-7-18-6-4-12-9-13(15)11(3)8-14(12)16/h8-10,17H,4-7H2,1-3H3. The molecule has 0 atom stereocenters. The smallest absolute Gasteiger partial charge is 0.126 e. The molecule has 0 heterocycles. The fraction of sp³-hybridized carbons (Fsp3) is 0.571. The van der Waals surface area contributed by atoms with Crippen molar-refractivity contribution in [3.63, 3.8) is 0 Å². The molecule has 18 heavy (non-hydrogen) atoms. The molecule has 2 nitrogen and oxygen atoms in total. The highest BCUT2D eigenvalue weighted by Gasteiger charge is 2.06. The predicted octanol–water partition coefficient (Wildman–Crippen LogP) is 2.83. The molecule has 1 aromatic carbocycles. The average molecular weight is 257 g/mol. The summed E-state index contributed by atoms with van der Waals surface area (Å²) in [5, 5.41) is 3.21. The normalized spacial score (nSPS) is 11.2. The van der Waals surface area contributed by atoms with E-state index in [1.54, 1.807) is 6.92 Å². The molecular weight excluding hydrogens is 236 g/mol. The molecule has 1 N–H and O–H groups in total. The molecule has 102 valence electrons. The highest BCUT2D eigenvalue weighted by atomic mass is 19.1. The molecule has 0 bridgehead atoms. The SMILES string of the molecule is Cc1cc(F)c(CCOCCNC(C)C)cc1F. The molecular formula is C14H21F2NO. The number of aryl methyl sites for hydroxylation is 1. The molecule has 0 aliphatic carbocycles. The van der Waals surface area contributed by atoms with Crippen molar-refractivity contribution in [2.45, 2.75) is 33.2 Å². The van der Waals surface area contributed by atoms with E-state index in [0.717, 1.165) is 6.54 Å². The Morgan fingerprint density at radius 2 is 1.89 bits per heavy atom. The predicted molar refractivity (Wildman–Crippen MR) is 68.8 cm³/mol. The molecule has 4 heteroatoms. The summed E-state index contributed by atoms with van der Waals surface area (Å²) in [4.78, 5) is 0. The maximum atomic E-state index is 13.5. The Hall–Kier alpha value is -1.00. The second-order valence-corrected chi connectivity index (χ2v) is 4.66. The molecule has 1 rings (SSSR count). The van der Waals surface area contributed by atoms with E-state index >= 15 is 0 Å². The van der Waals surface area contributed by atoms with E-state index in [-0.39, 0.29) is 11.6 Å². The maximum absolute atomic E-state index is 13.5. The molecule has 1 aromatic rings. The van der Waals surface area contributed by atoms with E-state index < -0.39 is 0 Å². The van der Waals surface area contributed by atoms with E-state index in [1.807, 2.05) is 0 Å². The van der Waals surface area contributed by atoms with Crippen molar-refractivity contribution in [3.8, 4) is 0 Å². The fourth-order valence-corrected chi connectivity index (χ4v) is 1.58. The number of nitrogens with one attached hydrogen (secondary N) is 1. The van der Waals surface area contributed by atoms with Crippen molar-refractivity contribution in [2.24, 2.45) is 0 Å². The minimum absolute atomic E-state index is 0.332. The van der Waals surface area contributed by atoms with Crippen LogP contribution in [-0.4, -0.2) is 25.8 Å². The highest BCUT2D eigenvalue weighted by molar-refractivity contribution is 5.25. The summed E-state index contributed by atoms with van der Waals surface area (Å²) in [7, 11) is 0. The van der Waals surface area contributed by atoms with Crippen molar-refractivity contribution < 1.29 is 13.5 Å². The van der Waals surface area contributed by atoms with Gasteiger partial charge >= 0.3 is 0 Å². The number of halogens is 2. The summed E-state index contributed by atoms with van der Waals surface area (Å²) < 4.78 is 32.1. The second kappa shape index (κ2) is 7.44. The Bertz CT molecular complexity index is 380. The van der Waals surface area contributed by atoms with Crippen LogP contribution in [0.4, 0.5) is 8.78 Å². The van der Waals surface area contributed by atoms with Crippen LogP contribution < -0.4 is 5.32 Å². The lowest BCUT2D eigenvalue weighted by Crippen LogP contribution is -2.26. The maximum Gasteiger partial charge on any atom is 0.126 e. The minimum Gasteiger partial charge on any atom is -0.380 e. The lowest BCUT2D eigenvalue weighted by Gasteiger charge is -2.09. The summed E-state index contributed by atoms with van der Waals surface area (Å²) in [6, 6.07) is 2.91. The first-order valence-electron chi connectivity index (χ1n) is 6.26. The second-order valence-electron chi connectivity index (χ2n) is 4.66. The highest BCUT2D eigenvalue weighted by Crippen LogP contribution is 2.14. The quantitative estimate of drug-likeness (QED) is 0.758. The zero-order valence-corrected chi connectivity index (χ0v) is 11.2. The molecule has 0 radical (unpaired) electrons. The van der Waals surface area contributed by atoms with Gasteiger partial charge in [-0.2, -0.15) is 0 Å². The number of ether oxygens (including phenoxy) is 1. The van der Waals surface area contributed by atoms with Crippen LogP contribution >= 0.6 is 0 Å². The van der Waals surface area contributed by atoms with Gasteiger partial charge in [-0.05, 0) is 36.6 Å². The van der Waals surface area contributed by atoms with Gasteiger partial charge in [0.05, 0.1) is 13.2 Å². The van der Waals surface area contributed by atoms with Crippen molar-refractivity contribution >= 4 is 0 Å². The van der Waals surface area contributed by atoms with Crippen LogP contribution in [0.5, 0.6) is 0 Å². The molecule has 0 unspecified atom stereocenters. The molecule has 0 saturated heterocycles. The van der Waals surface area contributed by atoms with Gasteiger partial charge in [0.25, 0.3) is 0 Å². The number of hydrogen-bond acceptors (Lipinski definition) is 2. The van der Waals surface area contributed by atoms with Crippen LogP contribution in [0, 0.1) is 18.6 Å². The summed E-state index contributed by atoms with van der Waals surface area (Å²) in [6.07, 6.45) is 0.394. The monoisotopic (exact) mass is 257 g/mol. The molecule has 0 fully saturated rings. The van der Waals surface area contributed by atoms with Crippen LogP contribution in [0.3, 0.4) is 0 Å². The Morgan fingerprint density at radius 1 is 1.17 bits per heavy atom. The van der Waals surface area contributed by atoms with Crippen LogP contribution in [0.2, 0.25) is 0 Å². The van der Waals surface area contributed by atoms with E-state index in [1.165, 1.54) is 12.1 Å². The van der Waals surface area contributed by atoms with Gasteiger partial charge in [0, 0.05) is 12.6 Å². The average Bonchev–Trinajstić information content (AvgIpc) is 2.29. The molecule has 0 aliphatic rings. The van der Waals surface area contributed by atoms with Crippen LogP contribution in [0.1, 0.15) is 25.0 Å². The number of hydrogen-bond donors (Lipinski definition) is 1. The molecule has 0 aliphatic heterocycles. The number of rotatable bonds is 7. The van der Waals surface area contributed by atoms with Crippen LogP contribution in [-0.2, 0) is 11.2 Å². The zero-order chi connectivity index (χ0) is 13.5. The first-order chi connectivity index (χ1) is 8.50. The summed E-state index contributed by atoms with van der Waals surface area (Å²) >= 11 is 0. The van der Waals surface area contributed by atoms with Gasteiger partial charge < -0.3 is 10.1 Å². The molecule has 0 spiro atoms. The summed E-state index contributed by atoms with van der Waals surface area (Å²) in [5.74, 6) is -0.731. The molecule has 0 aromatic heterocycles. The first kappa shape index (κ1) is 15.1. The Morgan fingerprint density at radius 3 is 2.56 bits per heavy atom. The van der Waals surface area contributed by atoms with Gasteiger partial charge in [-0.1, -0.05) is 13.8 Å². The van der Waals surface area contributed by atoms with Crippen molar-refractivity contribution in [2.75, 3.05) is 19.8 Å². The lowest BCUT2D eigenvalue weighted by molar-refractivity contribution is 0.137. The van der Waals surface area contributed by atoms with Gasteiger partial charge in [-0.15, -0.1) is 0 Å². The van der Waals surface area contributed by atoms with Crippen LogP contribution in [0.15, 0.2) is 12.1 Å². The fourth-order valence-electron chi connectivity index (χ4n) is 1.58. The van der Waals surface area contributed by atoms with E-state index in [2.05, 4.69) is 19.2 Å². The first-order valence-corrected chi connectivity index (χ1v) is 6.26. The van der Waals surface area contributed by atoms with Crippen molar-refractivity contribution in [1.29, 1.82) is 0 Å². The molecule has 0 saturated carbocycles. The molecule has 0 amide bonds. The third kappa shape index (κ3) is 5.10. The van der Waals surface area contributed by atoms with E-state index in [4.69, 9.17) is 4.74 Å². The largest absolute Gasteiger partial charge is 0.380 e. The zero-order valence-electron chi connectivity index (χ0n) is 11.2. The summed E-state index contributed by atoms with van der Waals surface area (Å²) in [6.45, 7) is 7.42. The van der Waals surface area contributed by atoms with Crippen molar-refractivity contribution in [3.05, 3.63) is 34.9 Å². The van der Waals surface area contributed by atoms with Gasteiger partial charge in [0.15, 0.2) is 0 Å². The van der Waals surface area contributed by atoms with Gasteiger partial charge in [0.1, 0.15) is 11.6 Å². The third-order valence-corrected chi connectivity index (χ3v) is 2.64. The number of benzene rings is 1. The van der Waals surface area contributed by atoms with Gasteiger partial charge in [0.2, 0.25) is 0 Å². The Labute approximate surface area is 107 Å². The lowest BCUT2D eigenvalue weighted by atomic mass is 10.1.